The van der Waals surface area contributed by atoms with Crippen molar-refractivity contribution in [3.8, 4) is 0 Å². The highest BCUT2D eigenvalue weighted by atomic mass is 32.2. The third-order valence-electron chi connectivity index (χ3n) is 3.89. The number of nitrogens with two attached hydrogens (primary N) is 1. The molecular formula is C18H21FN2O3S. The van der Waals surface area contributed by atoms with Gasteiger partial charge in [0.05, 0.1) is 10.1 Å². The van der Waals surface area contributed by atoms with E-state index in [1.165, 1.54) is 19.1 Å². The highest BCUT2D eigenvalue weighted by molar-refractivity contribution is 7.92. The number of sulfone groups is 1. The molecule has 3 N–H and O–H groups in total. The van der Waals surface area contributed by atoms with E-state index in [-0.39, 0.29) is 23.9 Å². The van der Waals surface area contributed by atoms with Crippen LogP contribution in [0.1, 0.15) is 24.9 Å². The molecule has 0 heterocycles. The maximum Gasteiger partial charge on any atom is 0.221 e. The first-order valence-electron chi connectivity index (χ1n) is 7.87. The van der Waals surface area contributed by atoms with Crippen molar-refractivity contribution in [2.24, 2.45) is 5.73 Å². The lowest BCUT2D eigenvalue weighted by Crippen LogP contribution is -2.34. The average molecular weight is 364 g/mol. The molecule has 0 bridgehead atoms. The molecule has 2 unspecified atom stereocenters. The molecule has 0 aliphatic heterocycles. The molecule has 2 rings (SSSR count). The number of amides is 1. The van der Waals surface area contributed by atoms with Crippen LogP contribution in [0.4, 0.5) is 4.39 Å². The number of nitrogens with one attached hydrogen (secondary N) is 1. The number of hydrogen-bond acceptors (Lipinski definition) is 4. The quantitative estimate of drug-likeness (QED) is 0.737. The number of carbonyl (C=O) groups excluding carboxylic acids is 1. The topological polar surface area (TPSA) is 89.3 Å². The van der Waals surface area contributed by atoms with Gasteiger partial charge in [0.25, 0.3) is 0 Å². The van der Waals surface area contributed by atoms with Crippen molar-refractivity contribution in [1.29, 1.82) is 0 Å². The van der Waals surface area contributed by atoms with Gasteiger partial charge < -0.3 is 11.1 Å². The normalized spacial score (nSPS) is 13.9. The highest BCUT2D eigenvalue weighted by Crippen LogP contribution is 2.18. The molecule has 0 spiro atoms. The third-order valence-corrected chi connectivity index (χ3v) is 6.05. The van der Waals surface area contributed by atoms with Gasteiger partial charge in [0.2, 0.25) is 5.91 Å². The molecule has 0 aliphatic carbocycles. The minimum Gasteiger partial charge on any atom is -0.354 e. The molecular weight excluding hydrogens is 343 g/mol. The van der Waals surface area contributed by atoms with Gasteiger partial charge in [-0.25, -0.2) is 12.8 Å². The molecule has 2 aromatic carbocycles. The third kappa shape index (κ3) is 5.11. The Morgan fingerprint density at radius 2 is 1.72 bits per heavy atom. The number of halogens is 1. The molecule has 0 saturated carbocycles. The smallest absolute Gasteiger partial charge is 0.221 e. The zero-order valence-electron chi connectivity index (χ0n) is 13.9. The SMILES string of the molecule is CC(CC(=O)NCC(N)c1ccccc1)S(=O)(=O)c1ccc(F)cc1. The summed E-state index contributed by atoms with van der Waals surface area (Å²) in [6.07, 6.45) is -0.193. The Hall–Kier alpha value is -2.25. The summed E-state index contributed by atoms with van der Waals surface area (Å²) >= 11 is 0. The molecule has 134 valence electrons. The standard InChI is InChI=1S/C18H21FN2O3S/c1-13(25(23,24)16-9-7-15(19)8-10-16)11-18(22)21-12-17(20)14-5-3-2-4-6-14/h2-10,13,17H,11-12,20H2,1H3,(H,21,22). The summed E-state index contributed by atoms with van der Waals surface area (Å²) < 4.78 is 37.8. The second kappa shape index (κ2) is 8.22. The second-order valence-corrected chi connectivity index (χ2v) is 8.20. The molecule has 0 saturated heterocycles. The monoisotopic (exact) mass is 364 g/mol. The molecule has 0 fully saturated rings. The lowest BCUT2D eigenvalue weighted by Gasteiger charge is -2.16. The van der Waals surface area contributed by atoms with E-state index in [1.807, 2.05) is 30.3 Å². The summed E-state index contributed by atoms with van der Waals surface area (Å²) in [6, 6.07) is 13.5. The van der Waals surface area contributed by atoms with Crippen molar-refractivity contribution in [1.82, 2.24) is 5.32 Å². The Morgan fingerprint density at radius 1 is 1.12 bits per heavy atom. The molecule has 25 heavy (non-hydrogen) atoms. The average Bonchev–Trinajstić information content (AvgIpc) is 2.60. The molecule has 0 radical (unpaired) electrons. The van der Waals surface area contributed by atoms with Crippen LogP contribution in [-0.4, -0.2) is 26.1 Å². The lowest BCUT2D eigenvalue weighted by atomic mass is 10.1. The fourth-order valence-corrected chi connectivity index (χ4v) is 3.69. The zero-order valence-corrected chi connectivity index (χ0v) is 14.7. The summed E-state index contributed by atoms with van der Waals surface area (Å²) in [5.74, 6) is -0.913. The molecule has 5 nitrogen and oxygen atoms in total. The van der Waals surface area contributed by atoms with Crippen LogP contribution in [0.3, 0.4) is 0 Å². The Kier molecular flexibility index (Phi) is 6.27. The van der Waals surface area contributed by atoms with Crippen molar-refractivity contribution in [3.63, 3.8) is 0 Å². The van der Waals surface area contributed by atoms with Crippen LogP contribution in [0.15, 0.2) is 59.5 Å². The van der Waals surface area contributed by atoms with E-state index in [2.05, 4.69) is 5.32 Å². The van der Waals surface area contributed by atoms with Gasteiger partial charge in [-0.1, -0.05) is 30.3 Å². The van der Waals surface area contributed by atoms with Gasteiger partial charge in [-0.05, 0) is 36.8 Å². The van der Waals surface area contributed by atoms with Crippen molar-refractivity contribution >= 4 is 15.7 Å². The van der Waals surface area contributed by atoms with Gasteiger partial charge in [-0.3, -0.25) is 4.79 Å². The van der Waals surface area contributed by atoms with E-state index in [9.17, 15) is 17.6 Å². The Morgan fingerprint density at radius 3 is 2.32 bits per heavy atom. The van der Waals surface area contributed by atoms with Crippen LogP contribution in [0.2, 0.25) is 0 Å². The van der Waals surface area contributed by atoms with Crippen LogP contribution < -0.4 is 11.1 Å². The molecule has 0 aromatic heterocycles. The molecule has 7 heteroatoms. The number of benzene rings is 2. The van der Waals surface area contributed by atoms with E-state index < -0.39 is 26.8 Å². The van der Waals surface area contributed by atoms with Gasteiger partial charge in [0.1, 0.15) is 5.82 Å². The van der Waals surface area contributed by atoms with E-state index in [0.717, 1.165) is 17.7 Å². The van der Waals surface area contributed by atoms with Crippen LogP contribution >= 0.6 is 0 Å². The van der Waals surface area contributed by atoms with Crippen LogP contribution in [0, 0.1) is 5.82 Å². The molecule has 2 aromatic rings. The van der Waals surface area contributed by atoms with Gasteiger partial charge in [-0.15, -0.1) is 0 Å². The zero-order chi connectivity index (χ0) is 18.4. The predicted octanol–water partition coefficient (Wildman–Crippen LogP) is 2.19. The minimum atomic E-state index is -3.70. The molecule has 2 atom stereocenters. The van der Waals surface area contributed by atoms with Gasteiger partial charge in [0.15, 0.2) is 9.84 Å². The van der Waals surface area contributed by atoms with Crippen LogP contribution in [0.5, 0.6) is 0 Å². The predicted molar refractivity (Wildman–Crippen MR) is 94.0 cm³/mol. The molecule has 0 aliphatic rings. The van der Waals surface area contributed by atoms with Crippen molar-refractivity contribution in [2.45, 2.75) is 29.5 Å². The highest BCUT2D eigenvalue weighted by Gasteiger charge is 2.25. The van der Waals surface area contributed by atoms with Gasteiger partial charge in [-0.2, -0.15) is 0 Å². The summed E-state index contributed by atoms with van der Waals surface area (Å²) in [7, 11) is -3.70. The summed E-state index contributed by atoms with van der Waals surface area (Å²) in [4.78, 5) is 12.0. The largest absolute Gasteiger partial charge is 0.354 e. The fraction of sp³-hybridized carbons (Fsp3) is 0.278. The van der Waals surface area contributed by atoms with Crippen LogP contribution in [0.25, 0.3) is 0 Å². The lowest BCUT2D eigenvalue weighted by molar-refractivity contribution is -0.121. The summed E-state index contributed by atoms with van der Waals surface area (Å²) in [6.45, 7) is 1.67. The van der Waals surface area contributed by atoms with Crippen molar-refractivity contribution < 1.29 is 17.6 Å². The first-order chi connectivity index (χ1) is 11.8. The van der Waals surface area contributed by atoms with Gasteiger partial charge in [0, 0.05) is 19.0 Å². The summed E-state index contributed by atoms with van der Waals surface area (Å²) in [5, 5.41) is 1.73. The van der Waals surface area contributed by atoms with E-state index in [0.29, 0.717) is 0 Å². The van der Waals surface area contributed by atoms with Gasteiger partial charge >= 0.3 is 0 Å². The number of carbonyl (C=O) groups is 1. The van der Waals surface area contributed by atoms with Crippen molar-refractivity contribution in [3.05, 3.63) is 66.0 Å². The Labute approximate surface area is 147 Å². The minimum absolute atomic E-state index is 0.00446. The summed E-state index contributed by atoms with van der Waals surface area (Å²) in [5.41, 5.74) is 6.88. The fourth-order valence-electron chi connectivity index (χ4n) is 2.34. The maximum atomic E-state index is 12.9. The van der Waals surface area contributed by atoms with E-state index >= 15 is 0 Å². The Bertz CT molecular complexity index is 808. The van der Waals surface area contributed by atoms with E-state index in [1.54, 1.807) is 0 Å². The molecule has 1 amide bonds. The first kappa shape index (κ1) is 19.1. The van der Waals surface area contributed by atoms with Crippen molar-refractivity contribution in [2.75, 3.05) is 6.54 Å². The first-order valence-corrected chi connectivity index (χ1v) is 9.42. The maximum absolute atomic E-state index is 12.9. The van der Waals surface area contributed by atoms with E-state index in [4.69, 9.17) is 5.73 Å². The second-order valence-electron chi connectivity index (χ2n) is 5.83. The van der Waals surface area contributed by atoms with Crippen LogP contribution in [-0.2, 0) is 14.6 Å². The number of rotatable bonds is 7. The number of hydrogen-bond donors (Lipinski definition) is 2. The Balaban J connectivity index is 1.92.